The molecule has 0 aliphatic heterocycles. The molecule has 0 radical (unpaired) electrons. The molecule has 4 rings (SSSR count). The Morgan fingerprint density at radius 3 is 2.30 bits per heavy atom. The summed E-state index contributed by atoms with van der Waals surface area (Å²) in [5.41, 5.74) is 11.0. The number of hydrogen-bond acceptors (Lipinski definition) is 6. The number of methoxy groups -OCH3 is 1. The fraction of sp³-hybridized carbons (Fsp3) is 0.185. The second-order valence-electron chi connectivity index (χ2n) is 7.99. The van der Waals surface area contributed by atoms with Gasteiger partial charge in [-0.25, -0.2) is 4.98 Å². The number of carbonyl (C=O) groups excluding carboxylic acids is 1. The maximum atomic E-state index is 11.4. The molecule has 1 heterocycles. The Labute approximate surface area is 197 Å². The molecule has 0 saturated carbocycles. The van der Waals surface area contributed by atoms with Gasteiger partial charge in [0.2, 0.25) is 0 Å². The van der Waals surface area contributed by atoms with Crippen molar-refractivity contribution in [3.8, 4) is 17.0 Å². The molecule has 33 heavy (non-hydrogen) atoms. The fourth-order valence-corrected chi connectivity index (χ4v) is 4.36. The lowest BCUT2D eigenvalue weighted by atomic mass is 9.93. The molecular weight excluding hydrogens is 432 g/mol. The van der Waals surface area contributed by atoms with Crippen molar-refractivity contribution in [3.63, 3.8) is 0 Å². The van der Waals surface area contributed by atoms with Crippen molar-refractivity contribution in [1.82, 2.24) is 4.98 Å². The second kappa shape index (κ2) is 9.98. The summed E-state index contributed by atoms with van der Waals surface area (Å²) in [7, 11) is 1.39. The molecule has 4 aromatic rings. The zero-order chi connectivity index (χ0) is 23.3. The van der Waals surface area contributed by atoms with E-state index in [9.17, 15) is 4.79 Å². The lowest BCUT2D eigenvalue weighted by molar-refractivity contribution is -0.139. The van der Waals surface area contributed by atoms with Gasteiger partial charge in [-0.2, -0.15) is 0 Å². The number of esters is 1. The van der Waals surface area contributed by atoms with Crippen LogP contribution in [0.2, 0.25) is 0 Å². The summed E-state index contributed by atoms with van der Waals surface area (Å²) < 4.78 is 10.6. The highest BCUT2D eigenvalue weighted by atomic mass is 32.1. The van der Waals surface area contributed by atoms with Gasteiger partial charge in [-0.05, 0) is 35.7 Å². The number of rotatable bonds is 8. The molecule has 168 valence electrons. The Bertz CT molecular complexity index is 1200. The highest BCUT2D eigenvalue weighted by Crippen LogP contribution is 2.32. The fourth-order valence-electron chi connectivity index (χ4n) is 3.43. The summed E-state index contributed by atoms with van der Waals surface area (Å²) in [5.74, 6) is 0.484. The van der Waals surface area contributed by atoms with Crippen LogP contribution >= 0.6 is 11.3 Å². The molecule has 0 aliphatic carbocycles. The number of aromatic nitrogens is 1. The molecule has 2 N–H and O–H groups in total. The van der Waals surface area contributed by atoms with Gasteiger partial charge in [0.1, 0.15) is 17.4 Å². The molecule has 3 aromatic carbocycles. The molecule has 1 atom stereocenters. The first kappa shape index (κ1) is 22.7. The van der Waals surface area contributed by atoms with Crippen molar-refractivity contribution in [2.75, 3.05) is 7.11 Å². The molecule has 0 aliphatic rings. The van der Waals surface area contributed by atoms with E-state index in [4.69, 9.17) is 20.2 Å². The molecule has 1 aromatic heterocycles. The van der Waals surface area contributed by atoms with E-state index in [0.29, 0.717) is 6.61 Å². The summed E-state index contributed by atoms with van der Waals surface area (Å²) in [6.07, 6.45) is 0.252. The topological polar surface area (TPSA) is 74.4 Å². The van der Waals surface area contributed by atoms with Gasteiger partial charge < -0.3 is 15.2 Å². The number of carbonyl (C=O) groups is 1. The van der Waals surface area contributed by atoms with E-state index in [1.54, 1.807) is 11.3 Å². The first-order chi connectivity index (χ1) is 16.0. The van der Waals surface area contributed by atoms with Crippen molar-refractivity contribution >= 4 is 17.3 Å². The van der Waals surface area contributed by atoms with Crippen molar-refractivity contribution in [2.45, 2.75) is 25.5 Å². The number of hydrogen-bond donors (Lipinski definition) is 1. The van der Waals surface area contributed by atoms with E-state index in [2.05, 4.69) is 5.38 Å². The van der Waals surface area contributed by atoms with Gasteiger partial charge in [0.05, 0.1) is 24.8 Å². The Hall–Kier alpha value is -3.48. The number of nitrogens with zero attached hydrogens (tertiary/aromatic N) is 1. The van der Waals surface area contributed by atoms with Crippen LogP contribution in [0.25, 0.3) is 11.3 Å². The van der Waals surface area contributed by atoms with E-state index in [-0.39, 0.29) is 12.4 Å². The van der Waals surface area contributed by atoms with Gasteiger partial charge in [0.15, 0.2) is 0 Å². The second-order valence-corrected chi connectivity index (χ2v) is 8.85. The van der Waals surface area contributed by atoms with E-state index in [1.807, 2.05) is 85.8 Å². The third-order valence-corrected chi connectivity index (χ3v) is 6.56. The monoisotopic (exact) mass is 458 g/mol. The van der Waals surface area contributed by atoms with Gasteiger partial charge in [-0.3, -0.25) is 4.79 Å². The number of benzene rings is 3. The average Bonchev–Trinajstić information content (AvgIpc) is 3.36. The van der Waals surface area contributed by atoms with E-state index in [0.717, 1.165) is 38.7 Å². The Morgan fingerprint density at radius 2 is 1.64 bits per heavy atom. The predicted molar refractivity (Wildman–Crippen MR) is 131 cm³/mol. The molecule has 0 amide bonds. The first-order valence-electron chi connectivity index (χ1n) is 10.6. The number of ether oxygens (including phenoxy) is 2. The Kier molecular flexibility index (Phi) is 6.87. The van der Waals surface area contributed by atoms with E-state index < -0.39 is 5.54 Å². The molecule has 0 bridgehead atoms. The van der Waals surface area contributed by atoms with E-state index >= 15 is 0 Å². The van der Waals surface area contributed by atoms with Crippen LogP contribution in [0, 0.1) is 0 Å². The zero-order valence-corrected chi connectivity index (χ0v) is 19.5. The smallest absolute Gasteiger partial charge is 0.309 e. The Morgan fingerprint density at radius 1 is 0.970 bits per heavy atom. The van der Waals surface area contributed by atoms with Crippen molar-refractivity contribution in [3.05, 3.63) is 106 Å². The normalized spacial score (nSPS) is 12.7. The molecule has 0 fully saturated rings. The highest BCUT2D eigenvalue weighted by Gasteiger charge is 2.27. The third kappa shape index (κ3) is 5.48. The number of thiazole rings is 1. The lowest BCUT2D eigenvalue weighted by Crippen LogP contribution is -2.34. The summed E-state index contributed by atoms with van der Waals surface area (Å²) >= 11 is 1.57. The van der Waals surface area contributed by atoms with Gasteiger partial charge in [-0.1, -0.05) is 66.7 Å². The van der Waals surface area contributed by atoms with Crippen molar-refractivity contribution < 1.29 is 14.3 Å². The average molecular weight is 459 g/mol. The van der Waals surface area contributed by atoms with Crippen LogP contribution < -0.4 is 10.5 Å². The van der Waals surface area contributed by atoms with E-state index in [1.165, 1.54) is 7.11 Å². The minimum absolute atomic E-state index is 0.252. The predicted octanol–water partition coefficient (Wildman–Crippen LogP) is 5.33. The quantitative estimate of drug-likeness (QED) is 0.361. The summed E-state index contributed by atoms with van der Waals surface area (Å²) in [5, 5.41) is 2.92. The summed E-state index contributed by atoms with van der Waals surface area (Å²) in [6, 6.07) is 25.7. The Balaban J connectivity index is 1.39. The lowest BCUT2D eigenvalue weighted by Gasteiger charge is -2.23. The van der Waals surface area contributed by atoms with Gasteiger partial charge in [0.25, 0.3) is 0 Å². The number of nitrogens with two attached hydrogens (primary N) is 1. The largest absolute Gasteiger partial charge is 0.489 e. The maximum absolute atomic E-state index is 11.4. The van der Waals surface area contributed by atoms with Crippen molar-refractivity contribution in [1.29, 1.82) is 0 Å². The van der Waals surface area contributed by atoms with Crippen LogP contribution in [-0.2, 0) is 28.1 Å². The minimum Gasteiger partial charge on any atom is -0.489 e. The summed E-state index contributed by atoms with van der Waals surface area (Å²) in [4.78, 5) is 16.2. The van der Waals surface area contributed by atoms with Gasteiger partial charge >= 0.3 is 5.97 Å². The van der Waals surface area contributed by atoms with Gasteiger partial charge in [-0.15, -0.1) is 11.3 Å². The molecule has 0 saturated heterocycles. The molecule has 6 heteroatoms. The molecular formula is C27H26N2O3S. The maximum Gasteiger partial charge on any atom is 0.309 e. The highest BCUT2D eigenvalue weighted by molar-refractivity contribution is 7.10. The van der Waals surface area contributed by atoms with Crippen molar-refractivity contribution in [2.24, 2.45) is 5.73 Å². The third-order valence-electron chi connectivity index (χ3n) is 5.48. The molecule has 1 unspecified atom stereocenters. The zero-order valence-electron chi connectivity index (χ0n) is 18.7. The standard InChI is InChI=1S/C27H26N2O3S/c1-27(28,26-29-24(18-33-26)21-6-4-3-5-7-21)22-12-8-20(9-13-22)17-32-23-14-10-19(11-15-23)16-25(30)31-2/h3-15,18H,16-17,28H2,1-2H3. The first-order valence-corrected chi connectivity index (χ1v) is 11.5. The molecule has 0 spiro atoms. The van der Waals surface area contributed by atoms with Crippen LogP contribution in [0.1, 0.15) is 28.6 Å². The van der Waals surface area contributed by atoms with Crippen LogP contribution in [-0.4, -0.2) is 18.1 Å². The van der Waals surface area contributed by atoms with Crippen LogP contribution in [0.4, 0.5) is 0 Å². The summed E-state index contributed by atoms with van der Waals surface area (Å²) in [6.45, 7) is 2.43. The van der Waals surface area contributed by atoms with Crippen LogP contribution in [0.15, 0.2) is 84.2 Å². The minimum atomic E-state index is -0.688. The van der Waals surface area contributed by atoms with Crippen LogP contribution in [0.5, 0.6) is 5.75 Å². The SMILES string of the molecule is COC(=O)Cc1ccc(OCc2ccc(C(C)(N)c3nc(-c4ccccc4)cs3)cc2)cc1. The molecule has 5 nitrogen and oxygen atoms in total. The van der Waals surface area contributed by atoms with Gasteiger partial charge in [0, 0.05) is 10.9 Å². The van der Waals surface area contributed by atoms with Crippen LogP contribution in [0.3, 0.4) is 0 Å².